The lowest BCUT2D eigenvalue weighted by Gasteiger charge is -2.20. The van der Waals surface area contributed by atoms with Crippen molar-refractivity contribution in [2.75, 3.05) is 0 Å². The van der Waals surface area contributed by atoms with Crippen LogP contribution < -0.4 is 5.32 Å². The van der Waals surface area contributed by atoms with Gasteiger partial charge in [-0.3, -0.25) is 14.8 Å². The Morgan fingerprint density at radius 3 is 2.42 bits per heavy atom. The first-order chi connectivity index (χ1) is 12.2. The molecule has 0 radical (unpaired) electrons. The molecule has 0 aliphatic carbocycles. The van der Waals surface area contributed by atoms with Gasteiger partial charge < -0.3 is 10.3 Å². The quantitative estimate of drug-likeness (QED) is 0.755. The Morgan fingerprint density at radius 2 is 1.85 bits per heavy atom. The van der Waals surface area contributed by atoms with E-state index in [4.69, 9.17) is 0 Å². The number of hydrogen-bond donors (Lipinski definition) is 2. The molecule has 0 atom stereocenters. The van der Waals surface area contributed by atoms with E-state index in [0.717, 1.165) is 22.5 Å². The molecule has 0 aliphatic heterocycles. The number of imidazole rings is 1. The Hall–Kier alpha value is -3.02. The average Bonchev–Trinajstić information content (AvgIpc) is 2.92. The first-order valence-corrected chi connectivity index (χ1v) is 8.51. The van der Waals surface area contributed by atoms with Gasteiger partial charge in [0.05, 0.1) is 11.3 Å². The number of aromatic nitrogens is 4. The second kappa shape index (κ2) is 6.71. The zero-order valence-corrected chi connectivity index (χ0v) is 15.7. The van der Waals surface area contributed by atoms with Crippen molar-refractivity contribution < 1.29 is 4.79 Å². The average molecular weight is 349 g/mol. The van der Waals surface area contributed by atoms with Gasteiger partial charge >= 0.3 is 0 Å². The molecule has 3 aromatic heterocycles. The zero-order valence-electron chi connectivity index (χ0n) is 15.7. The third-order valence-corrected chi connectivity index (χ3v) is 3.98. The lowest BCUT2D eigenvalue weighted by Crippen LogP contribution is -2.40. The fraction of sp³-hybridized carbons (Fsp3) is 0.300. The van der Waals surface area contributed by atoms with Crippen LogP contribution in [0.25, 0.3) is 22.6 Å². The van der Waals surface area contributed by atoms with Gasteiger partial charge in [-0.1, -0.05) is 0 Å². The van der Waals surface area contributed by atoms with Crippen molar-refractivity contribution >= 4 is 5.91 Å². The van der Waals surface area contributed by atoms with E-state index in [2.05, 4.69) is 25.3 Å². The van der Waals surface area contributed by atoms with Crippen LogP contribution >= 0.6 is 0 Å². The Morgan fingerprint density at radius 1 is 1.15 bits per heavy atom. The molecule has 3 aromatic rings. The van der Waals surface area contributed by atoms with Crippen LogP contribution in [0.1, 0.15) is 42.5 Å². The fourth-order valence-corrected chi connectivity index (χ4v) is 2.60. The molecule has 0 saturated heterocycles. The molecule has 0 aromatic carbocycles. The van der Waals surface area contributed by atoms with Gasteiger partial charge in [-0.15, -0.1) is 0 Å². The smallest absolute Gasteiger partial charge is 0.253 e. The largest absolute Gasteiger partial charge is 0.347 e. The molecule has 0 fully saturated rings. The van der Waals surface area contributed by atoms with Gasteiger partial charge in [-0.05, 0) is 58.4 Å². The van der Waals surface area contributed by atoms with Gasteiger partial charge in [0.25, 0.3) is 5.91 Å². The predicted octanol–water partition coefficient (Wildman–Crippen LogP) is 3.68. The van der Waals surface area contributed by atoms with Crippen molar-refractivity contribution in [3.05, 3.63) is 53.7 Å². The summed E-state index contributed by atoms with van der Waals surface area (Å²) in [5.74, 6) is 0.535. The van der Waals surface area contributed by atoms with E-state index in [1.807, 2.05) is 52.8 Å². The molecular weight excluding hydrogens is 326 g/mol. The van der Waals surface area contributed by atoms with Gasteiger partial charge in [0.2, 0.25) is 0 Å². The minimum Gasteiger partial charge on any atom is -0.347 e. The van der Waals surface area contributed by atoms with Crippen molar-refractivity contribution in [1.29, 1.82) is 0 Å². The number of pyridine rings is 2. The van der Waals surface area contributed by atoms with E-state index in [0.29, 0.717) is 17.1 Å². The Labute approximate surface area is 153 Å². The summed E-state index contributed by atoms with van der Waals surface area (Å²) in [5.41, 5.74) is 4.59. The summed E-state index contributed by atoms with van der Waals surface area (Å²) in [4.78, 5) is 29.0. The molecule has 3 rings (SSSR count). The number of carbonyl (C=O) groups is 1. The fourth-order valence-electron chi connectivity index (χ4n) is 2.60. The summed E-state index contributed by atoms with van der Waals surface area (Å²) in [7, 11) is 0. The van der Waals surface area contributed by atoms with E-state index in [1.165, 1.54) is 0 Å². The number of nitrogens with one attached hydrogen (secondary N) is 2. The van der Waals surface area contributed by atoms with Crippen molar-refractivity contribution in [3.63, 3.8) is 0 Å². The van der Waals surface area contributed by atoms with Gasteiger partial charge in [-0.25, -0.2) is 4.98 Å². The molecule has 2 N–H and O–H groups in total. The molecule has 134 valence electrons. The summed E-state index contributed by atoms with van der Waals surface area (Å²) in [6.07, 6.45) is 5.04. The molecular formula is C20H23N5O. The Kier molecular flexibility index (Phi) is 4.59. The van der Waals surface area contributed by atoms with E-state index < -0.39 is 0 Å². The first kappa shape index (κ1) is 17.8. The Bertz CT molecular complexity index is 919. The van der Waals surface area contributed by atoms with Crippen LogP contribution in [0.5, 0.6) is 0 Å². The maximum absolute atomic E-state index is 12.6. The highest BCUT2D eigenvalue weighted by molar-refractivity contribution is 5.96. The molecule has 0 bridgehead atoms. The SMILES string of the molecule is Cc1nc(-c2ncc(C(=O)NC(C)(C)C)cc2-c2ccncc2)[nH]c1C. The number of nitrogens with zero attached hydrogens (tertiary/aromatic N) is 3. The van der Waals surface area contributed by atoms with E-state index in [9.17, 15) is 4.79 Å². The minimum atomic E-state index is -0.318. The van der Waals surface area contributed by atoms with Gasteiger partial charge in [0.15, 0.2) is 5.82 Å². The van der Waals surface area contributed by atoms with Crippen LogP contribution in [0.4, 0.5) is 0 Å². The highest BCUT2D eigenvalue weighted by atomic mass is 16.1. The number of amides is 1. The van der Waals surface area contributed by atoms with Crippen molar-refractivity contribution in [2.24, 2.45) is 0 Å². The molecule has 6 heteroatoms. The Balaban J connectivity index is 2.12. The summed E-state index contributed by atoms with van der Waals surface area (Å²) in [5, 5.41) is 2.97. The van der Waals surface area contributed by atoms with Crippen LogP contribution in [-0.2, 0) is 0 Å². The number of carbonyl (C=O) groups excluding carboxylic acids is 1. The molecule has 0 spiro atoms. The third kappa shape index (κ3) is 3.79. The van der Waals surface area contributed by atoms with Crippen LogP contribution in [0.2, 0.25) is 0 Å². The van der Waals surface area contributed by atoms with Crippen molar-refractivity contribution in [1.82, 2.24) is 25.3 Å². The van der Waals surface area contributed by atoms with Crippen LogP contribution in [0, 0.1) is 13.8 Å². The van der Waals surface area contributed by atoms with Crippen molar-refractivity contribution in [2.45, 2.75) is 40.2 Å². The summed E-state index contributed by atoms with van der Waals surface area (Å²) in [6, 6.07) is 5.65. The number of hydrogen-bond acceptors (Lipinski definition) is 4. The molecule has 6 nitrogen and oxygen atoms in total. The van der Waals surface area contributed by atoms with Crippen LogP contribution in [-0.4, -0.2) is 31.4 Å². The molecule has 3 heterocycles. The summed E-state index contributed by atoms with van der Waals surface area (Å²) < 4.78 is 0. The second-order valence-corrected chi connectivity index (χ2v) is 7.36. The lowest BCUT2D eigenvalue weighted by molar-refractivity contribution is 0.0919. The number of aryl methyl sites for hydroxylation is 2. The number of rotatable bonds is 3. The number of aromatic amines is 1. The monoisotopic (exact) mass is 349 g/mol. The third-order valence-electron chi connectivity index (χ3n) is 3.98. The van der Waals surface area contributed by atoms with Crippen LogP contribution in [0.3, 0.4) is 0 Å². The van der Waals surface area contributed by atoms with E-state index >= 15 is 0 Å². The normalized spacial score (nSPS) is 11.4. The zero-order chi connectivity index (χ0) is 18.9. The standard InChI is InChI=1S/C20H23N5O/c1-12-13(2)24-18(23-12)17-16(14-6-8-21-9-7-14)10-15(11-22-17)19(26)25-20(3,4)5/h6-11H,1-5H3,(H,23,24)(H,25,26). The van der Waals surface area contributed by atoms with Gasteiger partial charge in [0.1, 0.15) is 5.69 Å². The minimum absolute atomic E-state index is 0.154. The summed E-state index contributed by atoms with van der Waals surface area (Å²) in [6.45, 7) is 9.77. The molecule has 1 amide bonds. The second-order valence-electron chi connectivity index (χ2n) is 7.36. The maximum atomic E-state index is 12.6. The molecule has 26 heavy (non-hydrogen) atoms. The van der Waals surface area contributed by atoms with Crippen molar-refractivity contribution in [3.8, 4) is 22.6 Å². The summed E-state index contributed by atoms with van der Waals surface area (Å²) >= 11 is 0. The highest BCUT2D eigenvalue weighted by Gasteiger charge is 2.19. The molecule has 0 saturated carbocycles. The molecule has 0 unspecified atom stereocenters. The van der Waals surface area contributed by atoms with Crippen LogP contribution in [0.15, 0.2) is 36.8 Å². The van der Waals surface area contributed by atoms with Gasteiger partial charge in [-0.2, -0.15) is 0 Å². The highest BCUT2D eigenvalue weighted by Crippen LogP contribution is 2.30. The first-order valence-electron chi connectivity index (χ1n) is 8.51. The lowest BCUT2D eigenvalue weighted by atomic mass is 10.0. The maximum Gasteiger partial charge on any atom is 0.253 e. The molecule has 0 aliphatic rings. The predicted molar refractivity (Wildman–Crippen MR) is 102 cm³/mol. The number of H-pyrrole nitrogens is 1. The van der Waals surface area contributed by atoms with E-state index in [-0.39, 0.29) is 11.4 Å². The van der Waals surface area contributed by atoms with E-state index in [1.54, 1.807) is 18.6 Å². The topological polar surface area (TPSA) is 83.6 Å². The van der Waals surface area contributed by atoms with Gasteiger partial charge in [0, 0.05) is 35.4 Å².